The molecule has 5 heteroatoms. The van der Waals surface area contributed by atoms with E-state index < -0.39 is 0 Å². The molecule has 1 aromatic heterocycles. The van der Waals surface area contributed by atoms with Gasteiger partial charge in [0.15, 0.2) is 5.82 Å². The molecule has 1 aliphatic heterocycles. The van der Waals surface area contributed by atoms with E-state index in [-0.39, 0.29) is 12.0 Å². The van der Waals surface area contributed by atoms with Crippen LogP contribution in [0, 0.1) is 0 Å². The number of nitrogens with zero attached hydrogens (tertiary/aromatic N) is 1. The number of ether oxygens (including phenoxy) is 1. The summed E-state index contributed by atoms with van der Waals surface area (Å²) in [5, 5.41) is 2.68. The summed E-state index contributed by atoms with van der Waals surface area (Å²) in [5.41, 5.74) is 6.14. The molecule has 2 rings (SSSR count). The molecule has 1 unspecified atom stereocenters. The van der Waals surface area contributed by atoms with Gasteiger partial charge in [-0.2, -0.15) is 0 Å². The Kier molecular flexibility index (Phi) is 3.36. The van der Waals surface area contributed by atoms with Crippen LogP contribution < -0.4 is 11.1 Å². The Hall–Kier alpha value is -1.62. The van der Waals surface area contributed by atoms with Crippen LogP contribution in [0.1, 0.15) is 19.3 Å². The summed E-state index contributed by atoms with van der Waals surface area (Å²) in [7, 11) is 0. The van der Waals surface area contributed by atoms with Crippen molar-refractivity contribution in [2.75, 3.05) is 17.7 Å². The van der Waals surface area contributed by atoms with Crippen molar-refractivity contribution in [1.29, 1.82) is 0 Å². The van der Waals surface area contributed by atoms with E-state index in [1.807, 2.05) is 0 Å². The molecule has 0 aromatic carbocycles. The molecule has 3 N–H and O–H groups in total. The highest BCUT2D eigenvalue weighted by atomic mass is 16.5. The molecule has 1 amide bonds. The lowest BCUT2D eigenvalue weighted by Gasteiger charge is -2.21. The fraction of sp³-hybridized carbons (Fsp3) is 0.455. The minimum Gasteiger partial charge on any atom is -0.396 e. The summed E-state index contributed by atoms with van der Waals surface area (Å²) in [5.74, 6) is 0.242. The first kappa shape index (κ1) is 10.9. The molecule has 0 radical (unpaired) electrons. The molecule has 86 valence electrons. The second kappa shape index (κ2) is 4.94. The molecule has 1 fully saturated rings. The second-order valence-corrected chi connectivity index (χ2v) is 3.79. The van der Waals surface area contributed by atoms with Gasteiger partial charge in [-0.3, -0.25) is 4.79 Å². The van der Waals surface area contributed by atoms with E-state index in [9.17, 15) is 4.79 Å². The zero-order valence-corrected chi connectivity index (χ0v) is 8.98. The van der Waals surface area contributed by atoms with E-state index in [0.29, 0.717) is 18.1 Å². The molecule has 16 heavy (non-hydrogen) atoms. The third kappa shape index (κ3) is 2.49. The zero-order valence-electron chi connectivity index (χ0n) is 8.98. The van der Waals surface area contributed by atoms with Gasteiger partial charge in [-0.15, -0.1) is 0 Å². The predicted molar refractivity (Wildman–Crippen MR) is 60.9 cm³/mol. The average Bonchev–Trinajstić information content (AvgIpc) is 2.33. The summed E-state index contributed by atoms with van der Waals surface area (Å²) in [4.78, 5) is 15.8. The fourth-order valence-electron chi connectivity index (χ4n) is 1.67. The highest BCUT2D eigenvalue weighted by Gasteiger charge is 2.22. The Morgan fingerprint density at radius 2 is 2.44 bits per heavy atom. The molecule has 2 heterocycles. The smallest absolute Gasteiger partial charge is 0.254 e. The van der Waals surface area contributed by atoms with Crippen LogP contribution in [0.3, 0.4) is 0 Å². The summed E-state index contributed by atoms with van der Waals surface area (Å²) in [6, 6.07) is 3.42. The first-order valence-electron chi connectivity index (χ1n) is 5.40. The fourth-order valence-corrected chi connectivity index (χ4v) is 1.67. The largest absolute Gasteiger partial charge is 0.396 e. The topological polar surface area (TPSA) is 77.2 Å². The van der Waals surface area contributed by atoms with Crippen LogP contribution in [0.15, 0.2) is 18.3 Å². The molecule has 0 aliphatic carbocycles. The number of carbonyl (C=O) groups excluding carboxylic acids is 1. The van der Waals surface area contributed by atoms with Gasteiger partial charge in [0, 0.05) is 12.8 Å². The molecule has 1 aromatic rings. The molecule has 1 atom stereocenters. The molecular weight excluding hydrogens is 206 g/mol. The monoisotopic (exact) mass is 221 g/mol. The Morgan fingerprint density at radius 1 is 1.56 bits per heavy atom. The average molecular weight is 221 g/mol. The molecule has 1 saturated heterocycles. The number of pyridine rings is 1. The maximum absolute atomic E-state index is 11.8. The minimum atomic E-state index is -0.366. The molecular formula is C11H15N3O2. The van der Waals surface area contributed by atoms with Crippen molar-refractivity contribution in [2.45, 2.75) is 25.4 Å². The van der Waals surface area contributed by atoms with Crippen LogP contribution in [0.4, 0.5) is 11.5 Å². The van der Waals surface area contributed by atoms with E-state index >= 15 is 0 Å². The second-order valence-electron chi connectivity index (χ2n) is 3.79. The number of hydrogen-bond acceptors (Lipinski definition) is 4. The van der Waals surface area contributed by atoms with Gasteiger partial charge in [0.2, 0.25) is 0 Å². The van der Waals surface area contributed by atoms with Crippen LogP contribution in [-0.4, -0.2) is 23.6 Å². The number of nitrogens with one attached hydrogen (secondary N) is 1. The van der Waals surface area contributed by atoms with Gasteiger partial charge in [0.25, 0.3) is 5.91 Å². The Labute approximate surface area is 94.0 Å². The van der Waals surface area contributed by atoms with Crippen molar-refractivity contribution in [2.24, 2.45) is 0 Å². The van der Waals surface area contributed by atoms with Gasteiger partial charge in [-0.05, 0) is 31.4 Å². The summed E-state index contributed by atoms with van der Waals surface area (Å²) in [6.07, 6.45) is 4.03. The number of hydrogen-bond donors (Lipinski definition) is 2. The number of anilines is 2. The van der Waals surface area contributed by atoms with Crippen molar-refractivity contribution in [1.82, 2.24) is 4.98 Å². The quantitative estimate of drug-likeness (QED) is 0.786. The van der Waals surface area contributed by atoms with Crippen LogP contribution in [0.5, 0.6) is 0 Å². The minimum absolute atomic E-state index is 0.162. The molecule has 1 aliphatic rings. The first-order chi connectivity index (χ1) is 7.77. The molecule has 5 nitrogen and oxygen atoms in total. The first-order valence-corrected chi connectivity index (χ1v) is 5.40. The third-order valence-electron chi connectivity index (χ3n) is 2.55. The number of carbonyl (C=O) groups is 1. The van der Waals surface area contributed by atoms with Gasteiger partial charge >= 0.3 is 0 Å². The number of nitrogens with two attached hydrogens (primary N) is 1. The molecule has 0 bridgehead atoms. The van der Waals surface area contributed by atoms with Gasteiger partial charge < -0.3 is 15.8 Å². The number of nitrogen functional groups attached to an aromatic ring is 1. The normalized spacial score (nSPS) is 20.4. The van der Waals surface area contributed by atoms with Crippen molar-refractivity contribution < 1.29 is 9.53 Å². The highest BCUT2D eigenvalue weighted by Crippen LogP contribution is 2.17. The number of aromatic nitrogens is 1. The van der Waals surface area contributed by atoms with Gasteiger partial charge in [0.05, 0.1) is 5.69 Å². The van der Waals surface area contributed by atoms with E-state index in [2.05, 4.69) is 10.3 Å². The lowest BCUT2D eigenvalue weighted by atomic mass is 10.1. The Morgan fingerprint density at radius 3 is 3.12 bits per heavy atom. The van der Waals surface area contributed by atoms with E-state index in [1.165, 1.54) is 0 Å². The van der Waals surface area contributed by atoms with Crippen molar-refractivity contribution >= 4 is 17.4 Å². The van der Waals surface area contributed by atoms with Gasteiger partial charge in [0.1, 0.15) is 6.10 Å². The third-order valence-corrected chi connectivity index (χ3v) is 2.55. The predicted octanol–water partition coefficient (Wildman–Crippen LogP) is 1.17. The lowest BCUT2D eigenvalue weighted by Crippen LogP contribution is -2.33. The molecule has 0 spiro atoms. The van der Waals surface area contributed by atoms with Crippen LogP contribution in [0.2, 0.25) is 0 Å². The Bertz CT molecular complexity index is 375. The van der Waals surface area contributed by atoms with Crippen LogP contribution in [-0.2, 0) is 9.53 Å². The highest BCUT2D eigenvalue weighted by molar-refractivity contribution is 5.95. The maximum Gasteiger partial charge on any atom is 0.254 e. The Balaban J connectivity index is 1.99. The lowest BCUT2D eigenvalue weighted by molar-refractivity contribution is -0.130. The SMILES string of the molecule is Nc1cccnc1NC(=O)C1CCCCO1. The van der Waals surface area contributed by atoms with Gasteiger partial charge in [-0.25, -0.2) is 4.98 Å². The van der Waals surface area contributed by atoms with E-state index in [0.717, 1.165) is 19.3 Å². The van der Waals surface area contributed by atoms with E-state index in [4.69, 9.17) is 10.5 Å². The van der Waals surface area contributed by atoms with Gasteiger partial charge in [-0.1, -0.05) is 0 Å². The van der Waals surface area contributed by atoms with Crippen LogP contribution >= 0.6 is 0 Å². The van der Waals surface area contributed by atoms with Crippen molar-refractivity contribution in [3.05, 3.63) is 18.3 Å². The summed E-state index contributed by atoms with van der Waals surface area (Å²) >= 11 is 0. The summed E-state index contributed by atoms with van der Waals surface area (Å²) < 4.78 is 5.37. The summed E-state index contributed by atoms with van der Waals surface area (Å²) in [6.45, 7) is 0.649. The van der Waals surface area contributed by atoms with Crippen LogP contribution in [0.25, 0.3) is 0 Å². The molecule has 0 saturated carbocycles. The van der Waals surface area contributed by atoms with Crippen molar-refractivity contribution in [3.63, 3.8) is 0 Å². The van der Waals surface area contributed by atoms with Crippen molar-refractivity contribution in [3.8, 4) is 0 Å². The zero-order chi connectivity index (χ0) is 11.4. The number of amides is 1. The standard InChI is InChI=1S/C11H15N3O2/c12-8-4-3-6-13-10(8)14-11(15)9-5-1-2-7-16-9/h3-4,6,9H,1-2,5,7,12H2,(H,13,14,15). The number of rotatable bonds is 2. The van der Waals surface area contributed by atoms with E-state index in [1.54, 1.807) is 18.3 Å². The maximum atomic E-state index is 11.8.